The predicted molar refractivity (Wildman–Crippen MR) is 227 cm³/mol. The molecule has 0 radical (unpaired) electrons. The zero-order valence-electron chi connectivity index (χ0n) is 31.3. The van der Waals surface area contributed by atoms with E-state index in [0.29, 0.717) is 0 Å². The highest BCUT2D eigenvalue weighted by Gasteiger charge is 2.43. The minimum Gasteiger partial charge on any atom is -0.307 e. The van der Waals surface area contributed by atoms with Gasteiger partial charge in [0.15, 0.2) is 0 Å². The van der Waals surface area contributed by atoms with Crippen LogP contribution in [0.15, 0.2) is 121 Å². The molecule has 256 valence electrons. The van der Waals surface area contributed by atoms with Crippen LogP contribution in [0.5, 0.6) is 0 Å². The quantitative estimate of drug-likeness (QED) is 0.148. The summed E-state index contributed by atoms with van der Waals surface area (Å²) < 4.78 is 0. The van der Waals surface area contributed by atoms with Gasteiger partial charge in [-0.1, -0.05) is 134 Å². The van der Waals surface area contributed by atoms with Gasteiger partial charge in [0.1, 0.15) is 0 Å². The zero-order chi connectivity index (χ0) is 35.5. The average Bonchev–Trinajstić information content (AvgIpc) is 3.16. The Labute approximate surface area is 309 Å². The highest BCUT2D eigenvalue weighted by molar-refractivity contribution is 7.00. The number of rotatable bonds is 8. The highest BCUT2D eigenvalue weighted by Crippen LogP contribution is 2.56. The number of fused-ring (bicyclic) bond motifs is 7. The van der Waals surface area contributed by atoms with Crippen LogP contribution in [0.3, 0.4) is 0 Å². The van der Waals surface area contributed by atoms with Gasteiger partial charge in [-0.15, -0.1) is 0 Å². The Kier molecular flexibility index (Phi) is 8.19. The normalized spacial score (nSPS) is 13.1. The van der Waals surface area contributed by atoms with Gasteiger partial charge in [-0.05, 0) is 126 Å². The average molecular weight is 675 g/mol. The van der Waals surface area contributed by atoms with Gasteiger partial charge in [0.05, 0.1) is 22.7 Å². The number of aryl methyl sites for hydroxylation is 5. The van der Waals surface area contributed by atoms with E-state index in [1.807, 2.05) is 0 Å². The van der Waals surface area contributed by atoms with Gasteiger partial charge in [-0.25, -0.2) is 0 Å². The molecule has 9 rings (SSSR count). The van der Waals surface area contributed by atoms with Crippen LogP contribution in [0.1, 0.15) is 67.3 Å². The third-order valence-electron chi connectivity index (χ3n) is 11.6. The third kappa shape index (κ3) is 5.24. The van der Waals surface area contributed by atoms with E-state index in [0.717, 1.165) is 12.8 Å². The summed E-state index contributed by atoms with van der Waals surface area (Å²) in [6.07, 6.45) is 7.01. The van der Waals surface area contributed by atoms with Crippen LogP contribution < -0.4 is 26.2 Å². The van der Waals surface area contributed by atoms with Crippen LogP contribution >= 0.6 is 0 Å². The second-order valence-electron chi connectivity index (χ2n) is 15.3. The molecule has 2 aliphatic rings. The summed E-state index contributed by atoms with van der Waals surface area (Å²) in [5.41, 5.74) is 18.6. The Hall–Kier alpha value is -5.28. The van der Waals surface area contributed by atoms with Gasteiger partial charge in [0.25, 0.3) is 0 Å². The monoisotopic (exact) mass is 674 g/mol. The van der Waals surface area contributed by atoms with Gasteiger partial charge in [0, 0.05) is 11.4 Å². The van der Waals surface area contributed by atoms with Crippen molar-refractivity contribution in [2.45, 2.75) is 73.1 Å². The molecule has 0 atom stereocenters. The molecule has 7 aromatic rings. The van der Waals surface area contributed by atoms with Gasteiger partial charge in [0.2, 0.25) is 6.71 Å². The number of nitrogens with zero attached hydrogens (tertiary/aromatic N) is 2. The summed E-state index contributed by atoms with van der Waals surface area (Å²) in [5.74, 6) is 0. The topological polar surface area (TPSA) is 6.48 Å². The Balaban J connectivity index is 1.41. The lowest BCUT2D eigenvalue weighted by atomic mass is 9.33. The summed E-state index contributed by atoms with van der Waals surface area (Å²) in [4.78, 5) is 5.18. The van der Waals surface area contributed by atoms with Crippen LogP contribution in [0.4, 0.5) is 34.1 Å². The first kappa shape index (κ1) is 32.6. The maximum Gasteiger partial charge on any atom is 0.248 e. The van der Waals surface area contributed by atoms with Gasteiger partial charge in [-0.2, -0.15) is 0 Å². The zero-order valence-corrected chi connectivity index (χ0v) is 31.3. The second-order valence-corrected chi connectivity index (χ2v) is 15.3. The molecule has 0 saturated heterocycles. The lowest BCUT2D eigenvalue weighted by Gasteiger charge is -2.46. The largest absolute Gasteiger partial charge is 0.307 e. The molecule has 0 aromatic heterocycles. The van der Waals surface area contributed by atoms with E-state index in [-0.39, 0.29) is 6.71 Å². The fourth-order valence-corrected chi connectivity index (χ4v) is 9.27. The fraction of sp³-hybridized carbons (Fsp3) is 0.224. The van der Waals surface area contributed by atoms with Crippen molar-refractivity contribution in [3.63, 3.8) is 0 Å². The number of hydrogen-bond donors (Lipinski definition) is 0. The van der Waals surface area contributed by atoms with E-state index in [4.69, 9.17) is 0 Å². The molecule has 0 spiro atoms. The molecule has 3 heteroatoms. The van der Waals surface area contributed by atoms with E-state index in [1.165, 1.54) is 126 Å². The third-order valence-corrected chi connectivity index (χ3v) is 11.6. The maximum atomic E-state index is 2.62. The number of anilines is 6. The lowest BCUT2D eigenvalue weighted by molar-refractivity contribution is 0.795. The molecule has 0 unspecified atom stereocenters. The number of hydrogen-bond acceptors (Lipinski definition) is 2. The molecule has 0 bridgehead atoms. The van der Waals surface area contributed by atoms with Crippen molar-refractivity contribution in [3.8, 4) is 0 Å². The standard InChI is InChI=1S/C49H47BN2/c1-6-8-14-35-20-23-40(24-21-35)51-44-29-37-16-10-11-17-38(37)30-45(44)52-43-25-22-36(15-9-7-2)28-42(43)50(47-33(4)26-32(3)27-34(47)5)48-41-19-13-12-18-39(41)31-46(51)49(48)52/h10-13,16-31H,6-9,14-15H2,1-5H3. The van der Waals surface area contributed by atoms with E-state index in [2.05, 4.69) is 166 Å². The summed E-state index contributed by atoms with van der Waals surface area (Å²) in [7, 11) is 0. The van der Waals surface area contributed by atoms with Crippen LogP contribution in [0.25, 0.3) is 21.5 Å². The van der Waals surface area contributed by atoms with Gasteiger partial charge < -0.3 is 9.80 Å². The summed E-state index contributed by atoms with van der Waals surface area (Å²) in [6, 6.07) is 46.8. The molecule has 0 N–H and O–H groups in total. The number of unbranched alkanes of at least 4 members (excludes halogenated alkanes) is 2. The molecule has 0 amide bonds. The van der Waals surface area contributed by atoms with Crippen LogP contribution in [0, 0.1) is 20.8 Å². The molecular weight excluding hydrogens is 627 g/mol. The van der Waals surface area contributed by atoms with Gasteiger partial charge >= 0.3 is 0 Å². The minimum atomic E-state index is 0.0913. The van der Waals surface area contributed by atoms with Crippen LogP contribution in [-0.4, -0.2) is 6.71 Å². The summed E-state index contributed by atoms with van der Waals surface area (Å²) in [6.45, 7) is 11.5. The van der Waals surface area contributed by atoms with Crippen molar-refractivity contribution >= 4 is 78.8 Å². The summed E-state index contributed by atoms with van der Waals surface area (Å²) in [5, 5.41) is 5.13. The van der Waals surface area contributed by atoms with Crippen molar-refractivity contribution in [1.29, 1.82) is 0 Å². The molecule has 52 heavy (non-hydrogen) atoms. The van der Waals surface area contributed by atoms with Crippen molar-refractivity contribution in [3.05, 3.63) is 149 Å². The molecule has 2 nitrogen and oxygen atoms in total. The second kappa shape index (κ2) is 13.0. The van der Waals surface area contributed by atoms with Gasteiger partial charge in [-0.3, -0.25) is 0 Å². The molecule has 0 aliphatic carbocycles. The molecular formula is C49H47BN2. The highest BCUT2D eigenvalue weighted by atomic mass is 15.3. The van der Waals surface area contributed by atoms with E-state index < -0.39 is 0 Å². The Morgan fingerprint density at radius 2 is 1.08 bits per heavy atom. The predicted octanol–water partition coefficient (Wildman–Crippen LogP) is 11.7. The SMILES string of the molecule is CCCCc1ccc(N2c3cc4ccccc4cc3N3c4ccc(CCCC)cc4B(c4c(C)cc(C)cc4C)c4c3c2cc2ccccc42)cc1. The first-order valence-corrected chi connectivity index (χ1v) is 19.4. The van der Waals surface area contributed by atoms with Crippen molar-refractivity contribution < 1.29 is 0 Å². The fourth-order valence-electron chi connectivity index (χ4n) is 9.27. The Morgan fingerprint density at radius 3 is 1.75 bits per heavy atom. The van der Waals surface area contributed by atoms with Crippen molar-refractivity contribution in [1.82, 2.24) is 0 Å². The molecule has 2 heterocycles. The Bertz CT molecular complexity index is 2470. The Morgan fingerprint density at radius 1 is 0.500 bits per heavy atom. The van der Waals surface area contributed by atoms with E-state index in [9.17, 15) is 0 Å². The summed E-state index contributed by atoms with van der Waals surface area (Å²) >= 11 is 0. The first-order valence-electron chi connectivity index (χ1n) is 19.4. The smallest absolute Gasteiger partial charge is 0.248 e. The van der Waals surface area contributed by atoms with E-state index in [1.54, 1.807) is 0 Å². The molecule has 0 fully saturated rings. The van der Waals surface area contributed by atoms with Crippen LogP contribution in [-0.2, 0) is 12.8 Å². The minimum absolute atomic E-state index is 0.0913. The number of benzene rings is 7. The molecule has 0 saturated carbocycles. The lowest BCUT2D eigenvalue weighted by Crippen LogP contribution is -2.59. The maximum absolute atomic E-state index is 2.62. The van der Waals surface area contributed by atoms with Crippen LogP contribution in [0.2, 0.25) is 0 Å². The van der Waals surface area contributed by atoms with Crippen molar-refractivity contribution in [2.24, 2.45) is 0 Å². The first-order chi connectivity index (χ1) is 25.4. The van der Waals surface area contributed by atoms with Crippen molar-refractivity contribution in [2.75, 3.05) is 9.80 Å². The molecule has 7 aromatic carbocycles. The molecule has 2 aliphatic heterocycles. The van der Waals surface area contributed by atoms with E-state index >= 15 is 0 Å².